The standard InChI is InChI=1S/C26H25FN6O10P2/c1-29-32-31-23(28)22-9-6-17(12-30-22)20-8-7-18(10-21(20)27)33-13-19(43-25(33)35)14-42-24(34)16-4-2-15(3-5-16)11-26(36,44(37)38)45(39,40)41/h2-10,12,19,36H,11,13-14H2,1H3,(H4-,28,29,31,37,38,39,40,41)/p+1/t19-,26?/m1/s1. The summed E-state index contributed by atoms with van der Waals surface area (Å²) in [7, 11) is -7.61. The summed E-state index contributed by atoms with van der Waals surface area (Å²) in [6.45, 7) is -0.384. The molecule has 2 heterocycles. The molecule has 2 aromatic carbocycles. The summed E-state index contributed by atoms with van der Waals surface area (Å²) in [4.78, 5) is 58.1. The molecule has 6 N–H and O–H groups in total. The number of amides is 1. The van der Waals surface area contributed by atoms with Crippen molar-refractivity contribution < 1.29 is 52.4 Å². The summed E-state index contributed by atoms with van der Waals surface area (Å²) in [6, 6.07) is 12.2. The maximum Gasteiger partial charge on any atom is 0.555 e. The van der Waals surface area contributed by atoms with E-state index in [1.807, 2.05) is 0 Å². The van der Waals surface area contributed by atoms with Crippen LogP contribution in [0, 0.1) is 5.82 Å². The van der Waals surface area contributed by atoms with Crippen molar-refractivity contribution in [1.82, 2.24) is 4.98 Å². The Balaban J connectivity index is 1.36. The molecule has 0 spiro atoms. The molecule has 1 fully saturated rings. The first-order valence-corrected chi connectivity index (χ1v) is 15.6. The average Bonchev–Trinajstić information content (AvgIpc) is 3.38. The number of aromatic nitrogens is 1. The number of nitrogens with two attached hydrogens (primary N) is 1. The normalized spacial score (nSPS) is 17.2. The van der Waals surface area contributed by atoms with Crippen molar-refractivity contribution in [1.29, 1.82) is 0 Å². The van der Waals surface area contributed by atoms with Crippen LogP contribution >= 0.6 is 15.6 Å². The zero-order valence-corrected chi connectivity index (χ0v) is 25.1. The fraction of sp³-hybridized carbons (Fsp3) is 0.231. The van der Waals surface area contributed by atoms with Crippen molar-refractivity contribution >= 4 is 39.2 Å². The number of nitrogens with zero attached hydrogens (tertiary/aromatic N) is 5. The fourth-order valence-corrected chi connectivity index (χ4v) is 5.74. The van der Waals surface area contributed by atoms with Crippen LogP contribution in [0.15, 0.2) is 76.2 Å². The van der Waals surface area contributed by atoms with Crippen LogP contribution in [-0.4, -0.2) is 74.1 Å². The number of carbonyl (C=O) groups is 2. The van der Waals surface area contributed by atoms with E-state index in [0.717, 1.165) is 6.07 Å². The molecule has 1 saturated heterocycles. The van der Waals surface area contributed by atoms with Crippen LogP contribution in [0.1, 0.15) is 21.6 Å². The van der Waals surface area contributed by atoms with Crippen molar-refractivity contribution in [2.75, 3.05) is 25.1 Å². The Morgan fingerprint density at radius 2 is 1.96 bits per heavy atom. The van der Waals surface area contributed by atoms with Crippen LogP contribution in [0.2, 0.25) is 0 Å². The molecule has 0 aliphatic carbocycles. The van der Waals surface area contributed by atoms with Gasteiger partial charge < -0.3 is 30.1 Å². The van der Waals surface area contributed by atoms with E-state index >= 15 is 4.39 Å². The maximum atomic E-state index is 15.1. The lowest BCUT2D eigenvalue weighted by atomic mass is 10.1. The van der Waals surface area contributed by atoms with Crippen LogP contribution in [0.25, 0.3) is 11.1 Å². The number of rotatable bonds is 11. The highest BCUT2D eigenvalue weighted by atomic mass is 31.2. The number of halogens is 1. The largest absolute Gasteiger partial charge is 0.555 e. The minimum absolute atomic E-state index is 0.00895. The number of hydrogen-bond donors (Lipinski definition) is 5. The van der Waals surface area contributed by atoms with E-state index in [9.17, 15) is 38.5 Å². The third-order valence-corrected chi connectivity index (χ3v) is 9.68. The number of benzene rings is 2. The van der Waals surface area contributed by atoms with Gasteiger partial charge in [0.2, 0.25) is 0 Å². The average molecular weight is 663 g/mol. The molecule has 19 heteroatoms. The molecule has 2 unspecified atom stereocenters. The molecule has 3 atom stereocenters. The Kier molecular flexibility index (Phi) is 10.1. The highest BCUT2D eigenvalue weighted by Gasteiger charge is 2.62. The van der Waals surface area contributed by atoms with Gasteiger partial charge in [0, 0.05) is 17.3 Å². The number of aliphatic hydroxyl groups is 1. The van der Waals surface area contributed by atoms with Crippen molar-refractivity contribution in [3.63, 3.8) is 0 Å². The van der Waals surface area contributed by atoms with Crippen LogP contribution in [0.5, 0.6) is 0 Å². The Bertz CT molecular complexity index is 1720. The first kappa shape index (κ1) is 33.4. The third kappa shape index (κ3) is 7.60. The highest BCUT2D eigenvalue weighted by Crippen LogP contribution is 2.61. The van der Waals surface area contributed by atoms with E-state index in [2.05, 4.69) is 20.4 Å². The van der Waals surface area contributed by atoms with Crippen LogP contribution < -0.4 is 10.6 Å². The number of esters is 1. The summed E-state index contributed by atoms with van der Waals surface area (Å²) in [5.41, 5.74) is 7.01. The Morgan fingerprint density at radius 1 is 1.24 bits per heavy atom. The quantitative estimate of drug-likeness (QED) is 0.0496. The van der Waals surface area contributed by atoms with Crippen LogP contribution in [-0.2, 0) is 25.0 Å². The van der Waals surface area contributed by atoms with Crippen LogP contribution in [0.4, 0.5) is 14.9 Å². The zero-order valence-electron chi connectivity index (χ0n) is 23.3. The van der Waals surface area contributed by atoms with Gasteiger partial charge in [-0.15, -0.1) is 5.10 Å². The van der Waals surface area contributed by atoms with Crippen molar-refractivity contribution in [3.05, 3.63) is 83.4 Å². The minimum Gasteiger partial charge on any atom is -0.458 e. The van der Waals surface area contributed by atoms with Gasteiger partial charge in [-0.1, -0.05) is 18.2 Å². The summed E-state index contributed by atoms with van der Waals surface area (Å²) >= 11 is 0. The number of carbonyl (C=O) groups excluding carboxylic acids is 2. The minimum atomic E-state index is -5.37. The van der Waals surface area contributed by atoms with Crippen molar-refractivity contribution in [2.45, 2.75) is 17.6 Å². The predicted octanol–water partition coefficient (Wildman–Crippen LogP) is 2.87. The molecular weight excluding hydrogens is 637 g/mol. The maximum absolute atomic E-state index is 15.1. The van der Waals surface area contributed by atoms with Gasteiger partial charge in [-0.25, -0.2) is 14.0 Å². The second-order valence-electron chi connectivity index (χ2n) is 9.55. The summed E-state index contributed by atoms with van der Waals surface area (Å²) in [5, 5.41) is 17.4. The number of amidine groups is 1. The van der Waals surface area contributed by atoms with Crippen molar-refractivity contribution in [3.8, 4) is 11.1 Å². The molecule has 1 aromatic heterocycles. The Labute approximate surface area is 255 Å². The first-order valence-electron chi connectivity index (χ1n) is 12.8. The molecule has 0 bridgehead atoms. The SMILES string of the molecule is CN=NN=C(N)c1ccc(-c2ccc(N3C[C@H](COC(=O)c4ccc(CC(O)([P+](=O)O)P(=O)(O)O)cc4)OC3=O)cc2F)cn1. The van der Waals surface area contributed by atoms with Gasteiger partial charge in [-0.2, -0.15) is 10.0 Å². The molecule has 0 saturated carbocycles. The summed E-state index contributed by atoms with van der Waals surface area (Å²) < 4.78 is 48.4. The van der Waals surface area contributed by atoms with Gasteiger partial charge in [-0.05, 0) is 51.7 Å². The number of hydrogen-bond acceptors (Lipinski definition) is 10. The second-order valence-corrected chi connectivity index (χ2v) is 13.0. The van der Waals surface area contributed by atoms with E-state index in [0.29, 0.717) is 11.3 Å². The lowest BCUT2D eigenvalue weighted by Gasteiger charge is -2.16. The zero-order chi connectivity index (χ0) is 32.9. The summed E-state index contributed by atoms with van der Waals surface area (Å²) in [6.07, 6.45) is -1.11. The highest BCUT2D eigenvalue weighted by molar-refractivity contribution is 7.66. The van der Waals surface area contributed by atoms with Gasteiger partial charge >= 0.3 is 32.8 Å². The fourth-order valence-electron chi connectivity index (χ4n) is 4.14. The van der Waals surface area contributed by atoms with E-state index in [4.69, 9.17) is 15.2 Å². The molecule has 3 aromatic rings. The number of anilines is 1. The van der Waals surface area contributed by atoms with Gasteiger partial charge in [0.05, 0.1) is 31.3 Å². The van der Waals surface area contributed by atoms with Gasteiger partial charge in [0.1, 0.15) is 18.1 Å². The number of ether oxygens (including phenoxy) is 2. The first-order chi connectivity index (χ1) is 21.2. The molecule has 1 aliphatic heterocycles. The Hall–Kier alpha value is -4.50. The van der Waals surface area contributed by atoms with Crippen LogP contribution in [0.3, 0.4) is 0 Å². The number of pyridine rings is 1. The molecule has 4 rings (SSSR count). The van der Waals surface area contributed by atoms with Gasteiger partial charge in [0.15, 0.2) is 11.9 Å². The van der Waals surface area contributed by atoms with E-state index in [1.54, 1.807) is 6.07 Å². The molecule has 45 heavy (non-hydrogen) atoms. The smallest absolute Gasteiger partial charge is 0.458 e. The van der Waals surface area contributed by atoms with Gasteiger partial charge in [0.25, 0.3) is 0 Å². The molecular formula is C26H26FN6O10P2+. The van der Waals surface area contributed by atoms with Crippen molar-refractivity contribution in [2.24, 2.45) is 21.2 Å². The molecule has 1 aliphatic rings. The molecule has 1 amide bonds. The van der Waals surface area contributed by atoms with E-state index in [-0.39, 0.29) is 41.4 Å². The number of cyclic esters (lactones) is 1. The lowest BCUT2D eigenvalue weighted by Crippen LogP contribution is -2.27. The summed E-state index contributed by atoms with van der Waals surface area (Å²) in [5.74, 6) is -1.44. The molecule has 0 radical (unpaired) electrons. The lowest BCUT2D eigenvalue weighted by molar-refractivity contribution is 0.0300. The van der Waals surface area contributed by atoms with E-state index < -0.39 is 51.1 Å². The topological polar surface area (TPSA) is 247 Å². The second kappa shape index (κ2) is 13.6. The van der Waals surface area contributed by atoms with E-state index in [1.165, 1.54) is 60.6 Å². The monoisotopic (exact) mass is 663 g/mol. The Morgan fingerprint density at radius 3 is 2.53 bits per heavy atom. The third-order valence-electron chi connectivity index (χ3n) is 6.52. The predicted molar refractivity (Wildman–Crippen MR) is 156 cm³/mol. The molecule has 16 nitrogen and oxygen atoms in total. The van der Waals surface area contributed by atoms with Gasteiger partial charge in [-0.3, -0.25) is 14.4 Å². The molecule has 236 valence electrons.